The molecular formula is C19H22O3. The Morgan fingerprint density at radius 2 is 1.77 bits per heavy atom. The van der Waals surface area contributed by atoms with Gasteiger partial charge in [-0.05, 0) is 35.1 Å². The maximum Gasteiger partial charge on any atom is 0.505 e. The van der Waals surface area contributed by atoms with Crippen molar-refractivity contribution in [3.63, 3.8) is 0 Å². The van der Waals surface area contributed by atoms with E-state index >= 15 is 0 Å². The van der Waals surface area contributed by atoms with Crippen molar-refractivity contribution in [2.45, 2.75) is 32.6 Å². The molecule has 1 N–H and O–H groups in total. The molecule has 0 aliphatic carbocycles. The molecule has 0 bridgehead atoms. The molecule has 0 saturated carbocycles. The van der Waals surface area contributed by atoms with Gasteiger partial charge in [0.05, 0.1) is 0 Å². The fraction of sp³-hybridized carbons (Fsp3) is 0.316. The standard InChI is InChI=1S/C19H22O3/c1-3-14-11-8-12-17(16(14)4-2)18(13-22-19(20)21)15-9-6-5-7-10-15/h5-12,18H,3-4,13H2,1-2H3,(H,20,21). The second-order valence-electron chi connectivity index (χ2n) is 5.23. The van der Waals surface area contributed by atoms with Crippen LogP contribution in [0.3, 0.4) is 0 Å². The van der Waals surface area contributed by atoms with Crippen molar-refractivity contribution in [3.8, 4) is 0 Å². The van der Waals surface area contributed by atoms with Crippen molar-refractivity contribution in [1.29, 1.82) is 0 Å². The van der Waals surface area contributed by atoms with Crippen LogP contribution >= 0.6 is 0 Å². The van der Waals surface area contributed by atoms with E-state index < -0.39 is 6.16 Å². The van der Waals surface area contributed by atoms with Crippen LogP contribution < -0.4 is 0 Å². The second-order valence-corrected chi connectivity index (χ2v) is 5.23. The summed E-state index contributed by atoms with van der Waals surface area (Å²) in [6, 6.07) is 16.2. The van der Waals surface area contributed by atoms with E-state index in [1.165, 1.54) is 11.1 Å². The summed E-state index contributed by atoms with van der Waals surface area (Å²) in [6.45, 7) is 4.42. The summed E-state index contributed by atoms with van der Waals surface area (Å²) in [7, 11) is 0. The Labute approximate surface area is 131 Å². The Morgan fingerprint density at radius 3 is 2.36 bits per heavy atom. The highest BCUT2D eigenvalue weighted by Crippen LogP contribution is 2.30. The smallest absolute Gasteiger partial charge is 0.450 e. The van der Waals surface area contributed by atoms with Crippen LogP contribution in [0.15, 0.2) is 48.5 Å². The van der Waals surface area contributed by atoms with Gasteiger partial charge in [0, 0.05) is 5.92 Å². The van der Waals surface area contributed by atoms with Crippen molar-refractivity contribution in [3.05, 3.63) is 70.8 Å². The highest BCUT2D eigenvalue weighted by Gasteiger charge is 2.20. The average molecular weight is 298 g/mol. The molecule has 2 rings (SSSR count). The third-order valence-electron chi connectivity index (χ3n) is 3.99. The van der Waals surface area contributed by atoms with Crippen LogP contribution in [-0.4, -0.2) is 17.9 Å². The molecule has 0 amide bonds. The maximum atomic E-state index is 10.8. The Morgan fingerprint density at radius 1 is 1.05 bits per heavy atom. The molecule has 0 aromatic heterocycles. The quantitative estimate of drug-likeness (QED) is 0.790. The largest absolute Gasteiger partial charge is 0.505 e. The van der Waals surface area contributed by atoms with Gasteiger partial charge in [-0.15, -0.1) is 0 Å². The lowest BCUT2D eigenvalue weighted by Crippen LogP contribution is -2.15. The number of rotatable bonds is 6. The third kappa shape index (κ3) is 3.67. The van der Waals surface area contributed by atoms with E-state index in [9.17, 15) is 4.79 Å². The predicted octanol–water partition coefficient (Wildman–Crippen LogP) is 4.64. The maximum absolute atomic E-state index is 10.8. The molecule has 0 heterocycles. The first-order valence-electron chi connectivity index (χ1n) is 7.68. The zero-order valence-corrected chi connectivity index (χ0v) is 13.1. The van der Waals surface area contributed by atoms with Gasteiger partial charge in [-0.3, -0.25) is 0 Å². The van der Waals surface area contributed by atoms with Crippen molar-refractivity contribution in [2.75, 3.05) is 6.61 Å². The molecule has 116 valence electrons. The summed E-state index contributed by atoms with van der Waals surface area (Å²) in [6.07, 6.45) is 0.666. The van der Waals surface area contributed by atoms with E-state index in [2.05, 4.69) is 26.0 Å². The van der Waals surface area contributed by atoms with Gasteiger partial charge in [0.25, 0.3) is 0 Å². The van der Waals surface area contributed by atoms with Crippen molar-refractivity contribution < 1.29 is 14.6 Å². The van der Waals surface area contributed by atoms with Crippen LogP contribution in [0.5, 0.6) is 0 Å². The van der Waals surface area contributed by atoms with Crippen LogP contribution in [0.25, 0.3) is 0 Å². The Kier molecular flexibility index (Phi) is 5.59. The average Bonchev–Trinajstić information content (AvgIpc) is 2.55. The summed E-state index contributed by atoms with van der Waals surface area (Å²) in [5.74, 6) is -0.0706. The molecule has 1 atom stereocenters. The van der Waals surface area contributed by atoms with E-state index in [-0.39, 0.29) is 12.5 Å². The lowest BCUT2D eigenvalue weighted by Gasteiger charge is -2.22. The zero-order valence-electron chi connectivity index (χ0n) is 13.1. The molecule has 0 saturated heterocycles. The number of hydrogen-bond acceptors (Lipinski definition) is 2. The van der Waals surface area contributed by atoms with E-state index in [0.29, 0.717) is 0 Å². The van der Waals surface area contributed by atoms with Gasteiger partial charge in [-0.2, -0.15) is 0 Å². The molecule has 0 spiro atoms. The molecule has 3 nitrogen and oxygen atoms in total. The lowest BCUT2D eigenvalue weighted by atomic mass is 9.85. The van der Waals surface area contributed by atoms with Gasteiger partial charge >= 0.3 is 6.16 Å². The fourth-order valence-corrected chi connectivity index (χ4v) is 2.95. The number of ether oxygens (including phenoxy) is 1. The Bertz CT molecular complexity index is 620. The molecule has 0 aliphatic heterocycles. The normalized spacial score (nSPS) is 11.9. The molecule has 1 unspecified atom stereocenters. The Hall–Kier alpha value is -2.29. The predicted molar refractivity (Wildman–Crippen MR) is 87.5 cm³/mol. The molecule has 2 aromatic rings. The van der Waals surface area contributed by atoms with Crippen molar-refractivity contribution >= 4 is 6.16 Å². The van der Waals surface area contributed by atoms with Crippen LogP contribution in [0.1, 0.15) is 42.0 Å². The third-order valence-corrected chi connectivity index (χ3v) is 3.99. The van der Waals surface area contributed by atoms with E-state index in [4.69, 9.17) is 9.84 Å². The molecule has 2 aromatic carbocycles. The van der Waals surface area contributed by atoms with Gasteiger partial charge in [-0.25, -0.2) is 4.79 Å². The van der Waals surface area contributed by atoms with Gasteiger partial charge in [0.15, 0.2) is 0 Å². The molecule has 3 heteroatoms. The molecule has 22 heavy (non-hydrogen) atoms. The summed E-state index contributed by atoms with van der Waals surface area (Å²) < 4.78 is 4.90. The van der Waals surface area contributed by atoms with E-state index in [1.807, 2.05) is 36.4 Å². The van der Waals surface area contributed by atoms with Crippen LogP contribution in [0.2, 0.25) is 0 Å². The number of carboxylic acid groups (broad SMARTS) is 1. The van der Waals surface area contributed by atoms with Gasteiger partial charge in [0.2, 0.25) is 0 Å². The van der Waals surface area contributed by atoms with E-state index in [1.54, 1.807) is 0 Å². The number of benzene rings is 2. The minimum atomic E-state index is -1.23. The number of hydrogen-bond donors (Lipinski definition) is 1. The summed E-state index contributed by atoms with van der Waals surface area (Å²) in [5, 5.41) is 8.86. The first-order valence-corrected chi connectivity index (χ1v) is 7.68. The highest BCUT2D eigenvalue weighted by atomic mass is 16.7. The first-order chi connectivity index (χ1) is 10.7. The minimum Gasteiger partial charge on any atom is -0.450 e. The number of aryl methyl sites for hydroxylation is 1. The zero-order chi connectivity index (χ0) is 15.9. The summed E-state index contributed by atoms with van der Waals surface area (Å²) in [5.41, 5.74) is 4.85. The molecular weight excluding hydrogens is 276 g/mol. The highest BCUT2D eigenvalue weighted by molar-refractivity contribution is 5.57. The van der Waals surface area contributed by atoms with Crippen LogP contribution in [0, 0.1) is 0 Å². The van der Waals surface area contributed by atoms with Gasteiger partial charge < -0.3 is 9.84 Å². The topological polar surface area (TPSA) is 46.5 Å². The van der Waals surface area contributed by atoms with Crippen LogP contribution in [0.4, 0.5) is 4.79 Å². The SMILES string of the molecule is CCc1cccc(C(COC(=O)O)c2ccccc2)c1CC. The molecule has 0 fully saturated rings. The lowest BCUT2D eigenvalue weighted by molar-refractivity contribution is 0.0888. The van der Waals surface area contributed by atoms with Crippen LogP contribution in [-0.2, 0) is 17.6 Å². The monoisotopic (exact) mass is 298 g/mol. The van der Waals surface area contributed by atoms with Gasteiger partial charge in [0.1, 0.15) is 6.61 Å². The Balaban J connectivity index is 2.47. The first kappa shape index (κ1) is 16.1. The van der Waals surface area contributed by atoms with Crippen molar-refractivity contribution in [2.24, 2.45) is 0 Å². The van der Waals surface area contributed by atoms with Crippen molar-refractivity contribution in [1.82, 2.24) is 0 Å². The fourth-order valence-electron chi connectivity index (χ4n) is 2.95. The van der Waals surface area contributed by atoms with Gasteiger partial charge in [-0.1, -0.05) is 62.4 Å². The number of carbonyl (C=O) groups is 1. The molecule has 0 aliphatic rings. The molecule has 0 radical (unpaired) electrons. The minimum absolute atomic E-state index is 0.0706. The van der Waals surface area contributed by atoms with E-state index in [0.717, 1.165) is 24.0 Å². The summed E-state index contributed by atoms with van der Waals surface area (Å²) >= 11 is 0. The second kappa shape index (κ2) is 7.64. The summed E-state index contributed by atoms with van der Waals surface area (Å²) in [4.78, 5) is 10.8.